The molecule has 2 heterocycles. The first-order valence-electron chi connectivity index (χ1n) is 7.00. The Labute approximate surface area is 134 Å². The molecule has 0 saturated heterocycles. The predicted octanol–water partition coefficient (Wildman–Crippen LogP) is 2.97. The molecule has 0 spiro atoms. The zero-order valence-corrected chi connectivity index (χ0v) is 13.3. The molecular formula is C15H18ClN5O. The van der Waals surface area contributed by atoms with Crippen LogP contribution in [0.25, 0.3) is 0 Å². The van der Waals surface area contributed by atoms with Crippen LogP contribution in [0.1, 0.15) is 24.2 Å². The van der Waals surface area contributed by atoms with E-state index in [1.54, 1.807) is 18.3 Å². The molecule has 6 nitrogen and oxygen atoms in total. The van der Waals surface area contributed by atoms with E-state index >= 15 is 0 Å². The second-order valence-electron chi connectivity index (χ2n) is 4.91. The van der Waals surface area contributed by atoms with Gasteiger partial charge in [-0.1, -0.05) is 11.6 Å². The minimum absolute atomic E-state index is 0.0992. The Morgan fingerprint density at radius 2 is 1.95 bits per heavy atom. The number of carbonyl (C=O) groups is 1. The summed E-state index contributed by atoms with van der Waals surface area (Å²) in [5.41, 5.74) is 1.83. The lowest BCUT2D eigenvalue weighted by molar-refractivity contribution is -0.116. The van der Waals surface area contributed by atoms with E-state index < -0.39 is 0 Å². The number of rotatable bonds is 6. The summed E-state index contributed by atoms with van der Waals surface area (Å²) >= 11 is 5.83. The molecule has 116 valence electrons. The van der Waals surface area contributed by atoms with Crippen molar-refractivity contribution in [3.63, 3.8) is 0 Å². The van der Waals surface area contributed by atoms with Gasteiger partial charge in [0.15, 0.2) is 0 Å². The third-order valence-corrected chi connectivity index (χ3v) is 3.07. The summed E-state index contributed by atoms with van der Waals surface area (Å²) in [7, 11) is 0. The molecule has 0 aliphatic carbocycles. The maximum Gasteiger partial charge on any atom is 0.225 e. The van der Waals surface area contributed by atoms with Gasteiger partial charge in [0.25, 0.3) is 0 Å². The Morgan fingerprint density at radius 3 is 2.64 bits per heavy atom. The molecule has 0 unspecified atom stereocenters. The fourth-order valence-electron chi connectivity index (χ4n) is 1.93. The lowest BCUT2D eigenvalue weighted by Gasteiger charge is -2.07. The summed E-state index contributed by atoms with van der Waals surface area (Å²) in [6.07, 6.45) is 2.60. The van der Waals surface area contributed by atoms with Gasteiger partial charge in [0.2, 0.25) is 11.9 Å². The molecule has 0 bridgehead atoms. The molecule has 2 rings (SSSR count). The molecule has 2 aromatic rings. The van der Waals surface area contributed by atoms with Gasteiger partial charge >= 0.3 is 0 Å². The summed E-state index contributed by atoms with van der Waals surface area (Å²) < 4.78 is 0. The number of pyridine rings is 1. The molecule has 0 aliphatic heterocycles. The number of hydrogen-bond donors (Lipinski definition) is 2. The highest BCUT2D eigenvalue weighted by molar-refractivity contribution is 6.30. The molecule has 2 N–H and O–H groups in total. The lowest BCUT2D eigenvalue weighted by Crippen LogP contribution is -2.15. The maximum absolute atomic E-state index is 11.8. The van der Waals surface area contributed by atoms with Gasteiger partial charge in [-0.05, 0) is 38.5 Å². The monoisotopic (exact) mass is 319 g/mol. The Hall–Kier alpha value is -2.21. The van der Waals surface area contributed by atoms with E-state index in [9.17, 15) is 4.79 Å². The van der Waals surface area contributed by atoms with E-state index in [4.69, 9.17) is 11.6 Å². The average Bonchev–Trinajstić information content (AvgIpc) is 2.42. The Balaban J connectivity index is 1.73. The van der Waals surface area contributed by atoms with Crippen LogP contribution in [0, 0.1) is 13.8 Å². The smallest absolute Gasteiger partial charge is 0.225 e. The van der Waals surface area contributed by atoms with E-state index in [2.05, 4.69) is 25.6 Å². The fourth-order valence-corrected chi connectivity index (χ4v) is 2.09. The van der Waals surface area contributed by atoms with Crippen LogP contribution in [0.5, 0.6) is 0 Å². The minimum Gasteiger partial charge on any atom is -0.354 e. The summed E-state index contributed by atoms with van der Waals surface area (Å²) in [6.45, 7) is 4.47. The van der Waals surface area contributed by atoms with Crippen molar-refractivity contribution in [3.05, 3.63) is 40.8 Å². The largest absolute Gasteiger partial charge is 0.354 e. The highest BCUT2D eigenvalue weighted by Gasteiger charge is 2.04. The van der Waals surface area contributed by atoms with Crippen molar-refractivity contribution >= 4 is 29.3 Å². The molecule has 2 aromatic heterocycles. The number of nitrogens with one attached hydrogen (secondary N) is 2. The van der Waals surface area contributed by atoms with Gasteiger partial charge in [-0.2, -0.15) is 0 Å². The highest BCUT2D eigenvalue weighted by Crippen LogP contribution is 2.12. The summed E-state index contributed by atoms with van der Waals surface area (Å²) in [5, 5.41) is 6.36. The van der Waals surface area contributed by atoms with Crippen LogP contribution < -0.4 is 10.6 Å². The summed E-state index contributed by atoms with van der Waals surface area (Å²) in [4.78, 5) is 24.4. The van der Waals surface area contributed by atoms with E-state index in [0.717, 1.165) is 11.4 Å². The van der Waals surface area contributed by atoms with Crippen molar-refractivity contribution in [2.24, 2.45) is 0 Å². The van der Waals surface area contributed by atoms with Crippen molar-refractivity contribution in [2.45, 2.75) is 26.7 Å². The Bertz CT molecular complexity index is 642. The van der Waals surface area contributed by atoms with Crippen molar-refractivity contribution in [2.75, 3.05) is 17.2 Å². The van der Waals surface area contributed by atoms with E-state index in [0.29, 0.717) is 36.2 Å². The molecule has 0 saturated carbocycles. The second-order valence-corrected chi connectivity index (χ2v) is 5.35. The molecule has 0 aliphatic rings. The molecule has 1 amide bonds. The quantitative estimate of drug-likeness (QED) is 0.800. The SMILES string of the molecule is Cc1cc(C)nc(NCCCC(=O)Nc2cc(Cl)ccn2)n1. The molecule has 0 radical (unpaired) electrons. The van der Waals surface area contributed by atoms with Crippen molar-refractivity contribution < 1.29 is 4.79 Å². The minimum atomic E-state index is -0.0992. The van der Waals surface area contributed by atoms with Gasteiger partial charge < -0.3 is 10.6 Å². The predicted molar refractivity (Wildman–Crippen MR) is 87.1 cm³/mol. The topological polar surface area (TPSA) is 79.8 Å². The Morgan fingerprint density at radius 1 is 1.23 bits per heavy atom. The number of nitrogens with zero attached hydrogens (tertiary/aromatic N) is 3. The van der Waals surface area contributed by atoms with Crippen molar-refractivity contribution in [3.8, 4) is 0 Å². The molecule has 0 fully saturated rings. The van der Waals surface area contributed by atoms with Crippen LogP contribution in [0.15, 0.2) is 24.4 Å². The van der Waals surface area contributed by atoms with Crippen molar-refractivity contribution in [1.82, 2.24) is 15.0 Å². The third-order valence-electron chi connectivity index (χ3n) is 2.84. The number of amides is 1. The van der Waals surface area contributed by atoms with Crippen LogP contribution in [0.3, 0.4) is 0 Å². The van der Waals surface area contributed by atoms with Gasteiger partial charge in [-0.15, -0.1) is 0 Å². The second kappa shape index (κ2) is 7.70. The van der Waals surface area contributed by atoms with E-state index in [1.165, 1.54) is 0 Å². The van der Waals surface area contributed by atoms with E-state index in [-0.39, 0.29) is 5.91 Å². The lowest BCUT2D eigenvalue weighted by atomic mass is 10.3. The first-order chi connectivity index (χ1) is 10.5. The zero-order valence-electron chi connectivity index (χ0n) is 12.6. The highest BCUT2D eigenvalue weighted by atomic mass is 35.5. The number of aromatic nitrogens is 3. The standard InChI is InChI=1S/C15H18ClN5O/c1-10-8-11(2)20-15(19-10)18-6-3-4-14(22)21-13-9-12(16)5-7-17-13/h5,7-9H,3-4,6H2,1-2H3,(H,17,21,22)(H,18,19,20). The van der Waals surface area contributed by atoms with Crippen LogP contribution in [-0.2, 0) is 4.79 Å². The van der Waals surface area contributed by atoms with Crippen molar-refractivity contribution in [1.29, 1.82) is 0 Å². The van der Waals surface area contributed by atoms with Crippen LogP contribution in [-0.4, -0.2) is 27.4 Å². The van der Waals surface area contributed by atoms with Gasteiger partial charge in [0.05, 0.1) is 0 Å². The zero-order chi connectivity index (χ0) is 15.9. The van der Waals surface area contributed by atoms with Crippen LogP contribution in [0.4, 0.5) is 11.8 Å². The molecular weight excluding hydrogens is 302 g/mol. The molecule has 22 heavy (non-hydrogen) atoms. The number of anilines is 2. The van der Waals surface area contributed by atoms with Crippen LogP contribution >= 0.6 is 11.6 Å². The summed E-state index contributed by atoms with van der Waals surface area (Å²) in [6, 6.07) is 5.18. The van der Waals surface area contributed by atoms with Crippen LogP contribution in [0.2, 0.25) is 5.02 Å². The van der Waals surface area contributed by atoms with Gasteiger partial charge in [-0.25, -0.2) is 15.0 Å². The molecule has 0 aromatic carbocycles. The normalized spacial score (nSPS) is 10.3. The van der Waals surface area contributed by atoms with Gasteiger partial charge in [0, 0.05) is 35.6 Å². The average molecular weight is 320 g/mol. The summed E-state index contributed by atoms with van der Waals surface area (Å²) in [5.74, 6) is 0.954. The Kier molecular flexibility index (Phi) is 5.66. The number of hydrogen-bond acceptors (Lipinski definition) is 5. The number of halogens is 1. The number of aryl methyl sites for hydroxylation is 2. The fraction of sp³-hybridized carbons (Fsp3) is 0.333. The van der Waals surface area contributed by atoms with E-state index in [1.807, 2.05) is 19.9 Å². The first-order valence-corrected chi connectivity index (χ1v) is 7.38. The maximum atomic E-state index is 11.8. The third kappa shape index (κ3) is 5.29. The first kappa shape index (κ1) is 16.2. The van der Waals surface area contributed by atoms with Gasteiger partial charge in [-0.3, -0.25) is 4.79 Å². The van der Waals surface area contributed by atoms with Gasteiger partial charge in [0.1, 0.15) is 5.82 Å². The molecule has 7 heteroatoms. The molecule has 0 atom stereocenters. The number of carbonyl (C=O) groups excluding carboxylic acids is 1.